The molecule has 78 valence electrons. The summed E-state index contributed by atoms with van der Waals surface area (Å²) in [6, 6.07) is 0.669. The van der Waals surface area contributed by atoms with E-state index >= 15 is 0 Å². The molecule has 0 radical (unpaired) electrons. The van der Waals surface area contributed by atoms with Gasteiger partial charge in [-0.25, -0.2) is 0 Å². The zero-order valence-electron chi connectivity index (χ0n) is 9.38. The second-order valence-electron chi connectivity index (χ2n) is 5.06. The minimum atomic E-state index is -0.0662. The molecule has 0 aromatic heterocycles. The summed E-state index contributed by atoms with van der Waals surface area (Å²) in [6.07, 6.45) is 3.98. The first-order valence-electron chi connectivity index (χ1n) is 5.33. The molecule has 1 aliphatic carbocycles. The number of aliphatic hydroxyl groups is 1. The quantitative estimate of drug-likeness (QED) is 0.725. The SMILES string of the molecule is CC1CCCC1N(C)C(C)(C)CO. The lowest BCUT2D eigenvalue weighted by atomic mass is 9.97. The van der Waals surface area contributed by atoms with E-state index in [1.54, 1.807) is 0 Å². The molecule has 13 heavy (non-hydrogen) atoms. The van der Waals surface area contributed by atoms with E-state index in [2.05, 4.69) is 32.7 Å². The Kier molecular flexibility index (Phi) is 3.36. The van der Waals surface area contributed by atoms with Crippen molar-refractivity contribution in [3.8, 4) is 0 Å². The minimum Gasteiger partial charge on any atom is -0.394 e. The summed E-state index contributed by atoms with van der Waals surface area (Å²) in [5.41, 5.74) is -0.0662. The normalized spacial score (nSPS) is 30.0. The first-order valence-corrected chi connectivity index (χ1v) is 5.33. The maximum Gasteiger partial charge on any atom is 0.0610 e. The predicted octanol–water partition coefficient (Wildman–Crippen LogP) is 1.88. The zero-order valence-corrected chi connectivity index (χ0v) is 9.38. The van der Waals surface area contributed by atoms with Gasteiger partial charge in [0.25, 0.3) is 0 Å². The highest BCUT2D eigenvalue weighted by atomic mass is 16.3. The largest absolute Gasteiger partial charge is 0.394 e. The summed E-state index contributed by atoms with van der Waals surface area (Å²) in [6.45, 7) is 6.78. The van der Waals surface area contributed by atoms with E-state index in [1.807, 2.05) is 0 Å². The van der Waals surface area contributed by atoms with Crippen LogP contribution in [0.5, 0.6) is 0 Å². The molecule has 1 fully saturated rings. The van der Waals surface area contributed by atoms with Crippen LogP contribution in [0.1, 0.15) is 40.0 Å². The van der Waals surface area contributed by atoms with Crippen molar-refractivity contribution in [2.45, 2.75) is 51.6 Å². The fraction of sp³-hybridized carbons (Fsp3) is 1.00. The van der Waals surface area contributed by atoms with E-state index in [0.717, 1.165) is 5.92 Å². The molecule has 2 nitrogen and oxygen atoms in total. The van der Waals surface area contributed by atoms with Crippen LogP contribution >= 0.6 is 0 Å². The Morgan fingerprint density at radius 2 is 2.00 bits per heavy atom. The van der Waals surface area contributed by atoms with Crippen molar-refractivity contribution < 1.29 is 5.11 Å². The molecule has 2 unspecified atom stereocenters. The Bertz CT molecular complexity index is 167. The second-order valence-corrected chi connectivity index (χ2v) is 5.06. The minimum absolute atomic E-state index is 0.0662. The van der Waals surface area contributed by atoms with Crippen LogP contribution in [0.3, 0.4) is 0 Å². The van der Waals surface area contributed by atoms with Crippen LogP contribution in [0.4, 0.5) is 0 Å². The molecule has 0 amide bonds. The molecule has 0 saturated heterocycles. The number of rotatable bonds is 3. The molecule has 1 rings (SSSR count). The van der Waals surface area contributed by atoms with Gasteiger partial charge in [-0.1, -0.05) is 13.3 Å². The maximum absolute atomic E-state index is 9.27. The van der Waals surface area contributed by atoms with Gasteiger partial charge in [0, 0.05) is 11.6 Å². The van der Waals surface area contributed by atoms with E-state index in [0.29, 0.717) is 6.04 Å². The van der Waals surface area contributed by atoms with E-state index in [1.165, 1.54) is 19.3 Å². The van der Waals surface area contributed by atoms with E-state index in [9.17, 15) is 5.11 Å². The maximum atomic E-state index is 9.27. The summed E-state index contributed by atoms with van der Waals surface area (Å²) in [5, 5.41) is 9.27. The predicted molar refractivity (Wildman–Crippen MR) is 55.7 cm³/mol. The number of likely N-dealkylation sites (N-methyl/N-ethyl adjacent to an activating group) is 1. The molecular weight excluding hydrogens is 162 g/mol. The number of hydrogen-bond donors (Lipinski definition) is 1. The number of hydrogen-bond acceptors (Lipinski definition) is 2. The van der Waals surface area contributed by atoms with Gasteiger partial charge in [-0.2, -0.15) is 0 Å². The Morgan fingerprint density at radius 1 is 1.38 bits per heavy atom. The van der Waals surface area contributed by atoms with E-state index < -0.39 is 0 Å². The van der Waals surface area contributed by atoms with Crippen molar-refractivity contribution in [1.29, 1.82) is 0 Å². The third-order valence-electron chi connectivity index (χ3n) is 3.66. The molecule has 1 aliphatic rings. The van der Waals surface area contributed by atoms with Gasteiger partial charge in [0.1, 0.15) is 0 Å². The van der Waals surface area contributed by atoms with Crippen LogP contribution in [0.15, 0.2) is 0 Å². The molecule has 0 heterocycles. The van der Waals surface area contributed by atoms with Crippen LogP contribution in [0.25, 0.3) is 0 Å². The lowest BCUT2D eigenvalue weighted by Gasteiger charge is -2.40. The molecule has 1 saturated carbocycles. The molecule has 1 N–H and O–H groups in total. The lowest BCUT2D eigenvalue weighted by molar-refractivity contribution is 0.0341. The van der Waals surface area contributed by atoms with E-state index in [-0.39, 0.29) is 12.1 Å². The zero-order chi connectivity index (χ0) is 10.1. The van der Waals surface area contributed by atoms with Crippen molar-refractivity contribution in [1.82, 2.24) is 4.90 Å². The molecule has 0 aromatic rings. The van der Waals surface area contributed by atoms with Crippen LogP contribution in [0, 0.1) is 5.92 Å². The van der Waals surface area contributed by atoms with Gasteiger partial charge in [-0.15, -0.1) is 0 Å². The third-order valence-corrected chi connectivity index (χ3v) is 3.66. The average Bonchev–Trinajstić information content (AvgIpc) is 2.50. The van der Waals surface area contributed by atoms with Crippen molar-refractivity contribution >= 4 is 0 Å². The summed E-state index contributed by atoms with van der Waals surface area (Å²) in [7, 11) is 2.14. The molecule has 0 spiro atoms. The van der Waals surface area contributed by atoms with Gasteiger partial charge in [0.05, 0.1) is 6.61 Å². The fourth-order valence-electron chi connectivity index (χ4n) is 2.26. The van der Waals surface area contributed by atoms with Gasteiger partial charge < -0.3 is 5.11 Å². The van der Waals surface area contributed by atoms with Crippen molar-refractivity contribution in [3.05, 3.63) is 0 Å². The van der Waals surface area contributed by atoms with Crippen molar-refractivity contribution in [2.24, 2.45) is 5.92 Å². The highest BCUT2D eigenvalue weighted by Gasteiger charge is 2.34. The first kappa shape index (κ1) is 11.0. The van der Waals surface area contributed by atoms with Crippen LogP contribution in [0.2, 0.25) is 0 Å². The summed E-state index contributed by atoms with van der Waals surface area (Å²) in [5.74, 6) is 0.788. The standard InChI is InChI=1S/C11H23NO/c1-9-6-5-7-10(9)12(4)11(2,3)8-13/h9-10,13H,5-8H2,1-4H3. The van der Waals surface area contributed by atoms with Crippen LogP contribution in [-0.2, 0) is 0 Å². The Hall–Kier alpha value is -0.0800. The third kappa shape index (κ3) is 2.23. The highest BCUT2D eigenvalue weighted by molar-refractivity contribution is 4.89. The molecule has 0 bridgehead atoms. The van der Waals surface area contributed by atoms with Crippen molar-refractivity contribution in [2.75, 3.05) is 13.7 Å². The Labute approximate surface area is 81.9 Å². The number of nitrogens with zero attached hydrogens (tertiary/aromatic N) is 1. The van der Waals surface area contributed by atoms with Crippen molar-refractivity contribution in [3.63, 3.8) is 0 Å². The van der Waals surface area contributed by atoms with Gasteiger partial charge in [-0.05, 0) is 39.7 Å². The molecular formula is C11H23NO. The monoisotopic (exact) mass is 185 g/mol. The molecule has 2 atom stereocenters. The topological polar surface area (TPSA) is 23.5 Å². The Balaban J connectivity index is 2.60. The molecule has 2 heteroatoms. The average molecular weight is 185 g/mol. The molecule has 0 aromatic carbocycles. The smallest absolute Gasteiger partial charge is 0.0610 e. The van der Waals surface area contributed by atoms with Gasteiger partial charge in [-0.3, -0.25) is 4.90 Å². The van der Waals surface area contributed by atoms with E-state index in [4.69, 9.17) is 0 Å². The summed E-state index contributed by atoms with van der Waals surface area (Å²) < 4.78 is 0. The summed E-state index contributed by atoms with van der Waals surface area (Å²) >= 11 is 0. The van der Waals surface area contributed by atoms with Crippen LogP contribution in [-0.4, -0.2) is 35.2 Å². The summed E-state index contributed by atoms with van der Waals surface area (Å²) in [4.78, 5) is 2.35. The Morgan fingerprint density at radius 3 is 2.38 bits per heavy atom. The second kappa shape index (κ2) is 3.97. The lowest BCUT2D eigenvalue weighted by Crippen LogP contribution is -2.50. The molecule has 0 aliphatic heterocycles. The van der Waals surface area contributed by atoms with Crippen LogP contribution < -0.4 is 0 Å². The first-order chi connectivity index (χ1) is 5.99. The highest BCUT2D eigenvalue weighted by Crippen LogP contribution is 2.32. The number of aliphatic hydroxyl groups excluding tert-OH is 1. The van der Waals surface area contributed by atoms with Gasteiger partial charge >= 0.3 is 0 Å². The van der Waals surface area contributed by atoms with Gasteiger partial charge in [0.15, 0.2) is 0 Å². The fourth-order valence-corrected chi connectivity index (χ4v) is 2.26. The van der Waals surface area contributed by atoms with Gasteiger partial charge in [0.2, 0.25) is 0 Å².